The van der Waals surface area contributed by atoms with E-state index in [2.05, 4.69) is 30.9 Å². The Morgan fingerprint density at radius 3 is 2.85 bits per heavy atom. The highest BCUT2D eigenvalue weighted by Gasteiger charge is 2.22. The number of hydrogen-bond acceptors (Lipinski definition) is 5. The lowest BCUT2D eigenvalue weighted by atomic mass is 9.94. The van der Waals surface area contributed by atoms with Gasteiger partial charge >= 0.3 is 0 Å². The Bertz CT molecular complexity index is 557. The molecule has 2 aromatic heterocycles. The van der Waals surface area contributed by atoms with Crippen LogP contribution < -0.4 is 4.90 Å². The van der Waals surface area contributed by atoms with Crippen molar-refractivity contribution >= 4 is 5.82 Å². The van der Waals surface area contributed by atoms with Gasteiger partial charge in [-0.2, -0.15) is 0 Å². The van der Waals surface area contributed by atoms with E-state index < -0.39 is 0 Å². The summed E-state index contributed by atoms with van der Waals surface area (Å²) in [6.45, 7) is 4.10. The predicted molar refractivity (Wildman–Crippen MR) is 77.4 cm³/mol. The molecule has 104 valence electrons. The minimum atomic E-state index is 0.599. The molecular formula is C15H19N5. The number of aryl methyl sites for hydroxylation is 1. The summed E-state index contributed by atoms with van der Waals surface area (Å²) in [6, 6.07) is 3.92. The van der Waals surface area contributed by atoms with Crippen molar-refractivity contribution < 1.29 is 0 Å². The van der Waals surface area contributed by atoms with Gasteiger partial charge in [-0.3, -0.25) is 0 Å². The van der Waals surface area contributed by atoms with Gasteiger partial charge in [0, 0.05) is 43.7 Å². The Balaban J connectivity index is 1.67. The van der Waals surface area contributed by atoms with Crippen molar-refractivity contribution in [3.63, 3.8) is 0 Å². The lowest BCUT2D eigenvalue weighted by Crippen LogP contribution is -2.37. The summed E-state index contributed by atoms with van der Waals surface area (Å²) in [5, 5.41) is 0. The second-order valence-corrected chi connectivity index (χ2v) is 5.34. The van der Waals surface area contributed by atoms with E-state index in [0.29, 0.717) is 5.92 Å². The van der Waals surface area contributed by atoms with Gasteiger partial charge in [0.1, 0.15) is 18.0 Å². The van der Waals surface area contributed by atoms with Crippen LogP contribution in [-0.4, -0.2) is 33.0 Å². The third-order valence-electron chi connectivity index (χ3n) is 3.72. The molecule has 20 heavy (non-hydrogen) atoms. The van der Waals surface area contributed by atoms with Crippen molar-refractivity contribution in [2.75, 3.05) is 18.0 Å². The summed E-state index contributed by atoms with van der Waals surface area (Å²) < 4.78 is 0. The molecule has 0 unspecified atom stereocenters. The molecule has 3 heterocycles. The van der Waals surface area contributed by atoms with Gasteiger partial charge in [0.25, 0.3) is 0 Å². The van der Waals surface area contributed by atoms with Crippen LogP contribution in [0.3, 0.4) is 0 Å². The van der Waals surface area contributed by atoms with E-state index in [1.165, 1.54) is 12.8 Å². The summed E-state index contributed by atoms with van der Waals surface area (Å²) in [5.74, 6) is 2.58. The van der Waals surface area contributed by atoms with Gasteiger partial charge in [-0.15, -0.1) is 0 Å². The van der Waals surface area contributed by atoms with Gasteiger partial charge in [0.15, 0.2) is 0 Å². The van der Waals surface area contributed by atoms with Gasteiger partial charge in [0.2, 0.25) is 0 Å². The molecule has 5 heteroatoms. The molecule has 1 aliphatic rings. The number of nitrogens with zero attached hydrogens (tertiary/aromatic N) is 5. The van der Waals surface area contributed by atoms with Crippen molar-refractivity contribution in [3.8, 4) is 0 Å². The van der Waals surface area contributed by atoms with Crippen LogP contribution in [0.25, 0.3) is 0 Å². The maximum Gasteiger partial charge on any atom is 0.132 e. The summed E-state index contributed by atoms with van der Waals surface area (Å²) >= 11 is 0. The Kier molecular flexibility index (Phi) is 3.85. The van der Waals surface area contributed by atoms with Crippen LogP contribution in [-0.2, 0) is 6.42 Å². The zero-order valence-corrected chi connectivity index (χ0v) is 11.7. The van der Waals surface area contributed by atoms with Gasteiger partial charge in [-0.1, -0.05) is 0 Å². The minimum absolute atomic E-state index is 0.599. The fraction of sp³-hybridized carbons (Fsp3) is 0.467. The normalized spacial score (nSPS) is 19.1. The van der Waals surface area contributed by atoms with Crippen molar-refractivity contribution in [1.29, 1.82) is 0 Å². The number of anilines is 1. The van der Waals surface area contributed by atoms with E-state index in [0.717, 1.165) is 36.8 Å². The van der Waals surface area contributed by atoms with Crippen LogP contribution in [0.4, 0.5) is 5.82 Å². The van der Waals surface area contributed by atoms with E-state index >= 15 is 0 Å². The van der Waals surface area contributed by atoms with E-state index in [-0.39, 0.29) is 0 Å². The fourth-order valence-corrected chi connectivity index (χ4v) is 2.75. The van der Waals surface area contributed by atoms with E-state index in [4.69, 9.17) is 0 Å². The standard InChI is InChI=1S/C15H19N5/c1-12-8-15(19-11-18-12)20-7-2-4-13(10-20)9-14-16-5-3-6-17-14/h3,5-6,8,11,13H,2,4,7,9-10H2,1H3/t13-/m0/s1. The molecule has 1 fully saturated rings. The first-order chi connectivity index (χ1) is 9.81. The molecule has 0 aromatic carbocycles. The smallest absolute Gasteiger partial charge is 0.132 e. The largest absolute Gasteiger partial charge is 0.356 e. The SMILES string of the molecule is Cc1cc(N2CCC[C@@H](Cc3ncccn3)C2)ncn1. The van der Waals surface area contributed by atoms with E-state index in [9.17, 15) is 0 Å². The molecule has 0 saturated carbocycles. The molecule has 0 N–H and O–H groups in total. The summed E-state index contributed by atoms with van der Waals surface area (Å²) in [4.78, 5) is 19.6. The molecule has 0 bridgehead atoms. The molecule has 0 aliphatic carbocycles. The Labute approximate surface area is 119 Å². The molecule has 3 rings (SSSR count). The lowest BCUT2D eigenvalue weighted by molar-refractivity contribution is 0.404. The molecule has 1 saturated heterocycles. The number of rotatable bonds is 3. The van der Waals surface area contributed by atoms with Crippen molar-refractivity contribution in [3.05, 3.63) is 42.4 Å². The molecule has 0 radical (unpaired) electrons. The molecule has 0 spiro atoms. The average molecular weight is 269 g/mol. The topological polar surface area (TPSA) is 54.8 Å². The maximum atomic E-state index is 4.39. The van der Waals surface area contributed by atoms with Crippen LogP contribution >= 0.6 is 0 Å². The summed E-state index contributed by atoms with van der Waals surface area (Å²) in [5.41, 5.74) is 1.02. The van der Waals surface area contributed by atoms with Crippen LogP contribution in [0.1, 0.15) is 24.4 Å². The first kappa shape index (κ1) is 13.0. The molecule has 2 aromatic rings. The van der Waals surface area contributed by atoms with Gasteiger partial charge in [-0.05, 0) is 31.7 Å². The Hall–Kier alpha value is -2.04. The Morgan fingerprint density at radius 2 is 2.05 bits per heavy atom. The maximum absolute atomic E-state index is 4.39. The zero-order chi connectivity index (χ0) is 13.8. The first-order valence-electron chi connectivity index (χ1n) is 7.11. The van der Waals surface area contributed by atoms with E-state index in [1.807, 2.05) is 25.4 Å². The van der Waals surface area contributed by atoms with Crippen LogP contribution in [0.2, 0.25) is 0 Å². The number of aromatic nitrogens is 4. The van der Waals surface area contributed by atoms with Crippen LogP contribution in [0, 0.1) is 12.8 Å². The molecular weight excluding hydrogens is 250 g/mol. The third kappa shape index (κ3) is 3.10. The van der Waals surface area contributed by atoms with Crippen LogP contribution in [0.15, 0.2) is 30.9 Å². The second-order valence-electron chi connectivity index (χ2n) is 5.34. The molecule has 5 nitrogen and oxygen atoms in total. The molecule has 1 atom stereocenters. The highest BCUT2D eigenvalue weighted by Crippen LogP contribution is 2.23. The molecule has 1 aliphatic heterocycles. The lowest BCUT2D eigenvalue weighted by Gasteiger charge is -2.33. The molecule has 0 amide bonds. The van der Waals surface area contributed by atoms with E-state index in [1.54, 1.807) is 6.33 Å². The average Bonchev–Trinajstić information content (AvgIpc) is 2.49. The van der Waals surface area contributed by atoms with Gasteiger partial charge < -0.3 is 4.90 Å². The highest BCUT2D eigenvalue weighted by atomic mass is 15.2. The number of hydrogen-bond donors (Lipinski definition) is 0. The number of piperidine rings is 1. The van der Waals surface area contributed by atoms with Crippen molar-refractivity contribution in [2.45, 2.75) is 26.2 Å². The first-order valence-corrected chi connectivity index (χ1v) is 7.11. The monoisotopic (exact) mass is 269 g/mol. The Morgan fingerprint density at radius 1 is 1.20 bits per heavy atom. The zero-order valence-electron chi connectivity index (χ0n) is 11.7. The quantitative estimate of drug-likeness (QED) is 0.853. The van der Waals surface area contributed by atoms with Crippen molar-refractivity contribution in [2.24, 2.45) is 5.92 Å². The summed E-state index contributed by atoms with van der Waals surface area (Å²) in [6.07, 6.45) is 8.66. The van der Waals surface area contributed by atoms with Crippen molar-refractivity contribution in [1.82, 2.24) is 19.9 Å². The second kappa shape index (κ2) is 5.94. The predicted octanol–water partition coefficient (Wildman–Crippen LogP) is 2.03. The van der Waals surface area contributed by atoms with Gasteiger partial charge in [0.05, 0.1) is 0 Å². The highest BCUT2D eigenvalue weighted by molar-refractivity contribution is 5.39. The fourth-order valence-electron chi connectivity index (χ4n) is 2.75. The summed E-state index contributed by atoms with van der Waals surface area (Å²) in [7, 11) is 0. The third-order valence-corrected chi connectivity index (χ3v) is 3.72. The van der Waals surface area contributed by atoms with Crippen LogP contribution in [0.5, 0.6) is 0 Å². The minimum Gasteiger partial charge on any atom is -0.356 e. The van der Waals surface area contributed by atoms with Gasteiger partial charge in [-0.25, -0.2) is 19.9 Å².